The normalized spacial score (nSPS) is 9.29. The van der Waals surface area contributed by atoms with Crippen molar-refractivity contribution in [3.05, 3.63) is 42.5 Å². The van der Waals surface area contributed by atoms with Gasteiger partial charge in [0.15, 0.2) is 0 Å². The summed E-state index contributed by atoms with van der Waals surface area (Å²) in [7, 11) is 0. The minimum absolute atomic E-state index is 0.308. The summed E-state index contributed by atoms with van der Waals surface area (Å²) < 4.78 is 23.2. The van der Waals surface area contributed by atoms with E-state index >= 15 is 0 Å². The number of hydrogen-bond donors (Lipinski definition) is 1. The molecule has 0 radical (unpaired) electrons. The molecule has 14 heavy (non-hydrogen) atoms. The van der Waals surface area contributed by atoms with Crippen LogP contribution >= 0.6 is 0 Å². The highest BCUT2D eigenvalue weighted by atomic mass is 19.3. The summed E-state index contributed by atoms with van der Waals surface area (Å²) >= 11 is 0. The van der Waals surface area contributed by atoms with Gasteiger partial charge in [-0.15, -0.1) is 0 Å². The first-order chi connectivity index (χ1) is 6.68. The van der Waals surface area contributed by atoms with Gasteiger partial charge in [0.2, 0.25) is 5.91 Å². The number of anilines is 1. The molecule has 74 valence electrons. The monoisotopic (exact) mass is 197 g/mol. The quantitative estimate of drug-likeness (QED) is 0.793. The number of rotatable bonds is 3. The van der Waals surface area contributed by atoms with E-state index < -0.39 is 12.0 Å². The molecule has 0 aliphatic heterocycles. The maximum absolute atomic E-state index is 11.6. The first-order valence-corrected chi connectivity index (χ1v) is 4.04. The predicted molar refractivity (Wildman–Crippen MR) is 50.0 cm³/mol. The molecule has 1 rings (SSSR count). The Kier molecular flexibility index (Phi) is 3.79. The standard InChI is InChI=1S/C10H9F2NO/c11-9(12)6-7-10(14)13-8-4-2-1-3-5-8/h1-6H,7H2,(H,13,14). The minimum atomic E-state index is -1.84. The first kappa shape index (κ1) is 10.4. The molecule has 1 aromatic carbocycles. The topological polar surface area (TPSA) is 29.1 Å². The number of nitrogens with one attached hydrogen (secondary N) is 1. The lowest BCUT2D eigenvalue weighted by Crippen LogP contribution is -2.09. The van der Waals surface area contributed by atoms with Crippen LogP contribution in [0.5, 0.6) is 0 Å². The SMILES string of the molecule is O=C(CC=C(F)F)Nc1ccccc1. The molecular weight excluding hydrogens is 188 g/mol. The molecule has 2 nitrogen and oxygen atoms in total. The van der Waals surface area contributed by atoms with Crippen molar-refractivity contribution in [1.29, 1.82) is 0 Å². The molecule has 0 atom stereocenters. The second-order valence-corrected chi connectivity index (χ2v) is 2.61. The van der Waals surface area contributed by atoms with E-state index in [4.69, 9.17) is 0 Å². The zero-order chi connectivity index (χ0) is 10.4. The maximum atomic E-state index is 11.6. The van der Waals surface area contributed by atoms with Gasteiger partial charge in [-0.1, -0.05) is 18.2 Å². The number of halogens is 2. The van der Waals surface area contributed by atoms with Crippen LogP contribution in [0.15, 0.2) is 42.5 Å². The van der Waals surface area contributed by atoms with Crippen LogP contribution in [0.4, 0.5) is 14.5 Å². The lowest BCUT2D eigenvalue weighted by Gasteiger charge is -2.01. The van der Waals surface area contributed by atoms with Crippen LogP contribution in [0.2, 0.25) is 0 Å². The molecule has 0 fully saturated rings. The molecule has 0 unspecified atom stereocenters. The Morgan fingerprint density at radius 2 is 1.93 bits per heavy atom. The van der Waals surface area contributed by atoms with E-state index in [-0.39, 0.29) is 6.42 Å². The smallest absolute Gasteiger partial charge is 0.266 e. The summed E-state index contributed by atoms with van der Waals surface area (Å²) in [4.78, 5) is 11.0. The Morgan fingerprint density at radius 3 is 2.50 bits per heavy atom. The number of carbonyl (C=O) groups is 1. The molecule has 0 bridgehead atoms. The Morgan fingerprint density at radius 1 is 1.29 bits per heavy atom. The fourth-order valence-corrected chi connectivity index (χ4v) is 0.903. The molecule has 1 amide bonds. The minimum Gasteiger partial charge on any atom is -0.326 e. The lowest BCUT2D eigenvalue weighted by molar-refractivity contribution is -0.115. The number of carbonyl (C=O) groups excluding carboxylic acids is 1. The predicted octanol–water partition coefficient (Wildman–Crippen LogP) is 2.80. The number of hydrogen-bond acceptors (Lipinski definition) is 1. The molecular formula is C10H9F2NO. The summed E-state index contributed by atoms with van der Waals surface area (Å²) in [6, 6.07) is 8.68. The van der Waals surface area contributed by atoms with E-state index in [1.165, 1.54) is 0 Å². The van der Waals surface area contributed by atoms with Gasteiger partial charge in [0.1, 0.15) is 0 Å². The Labute approximate surface area is 80.2 Å². The lowest BCUT2D eigenvalue weighted by atomic mass is 10.3. The van der Waals surface area contributed by atoms with Crippen molar-refractivity contribution in [2.24, 2.45) is 0 Å². The van der Waals surface area contributed by atoms with E-state index in [0.29, 0.717) is 11.8 Å². The van der Waals surface area contributed by atoms with Gasteiger partial charge in [-0.25, -0.2) is 0 Å². The van der Waals surface area contributed by atoms with Crippen molar-refractivity contribution in [1.82, 2.24) is 0 Å². The van der Waals surface area contributed by atoms with Gasteiger partial charge in [-0.05, 0) is 18.2 Å². The Balaban J connectivity index is 2.46. The molecule has 0 saturated heterocycles. The summed E-state index contributed by atoms with van der Waals surface area (Å²) in [5, 5.41) is 2.48. The van der Waals surface area contributed by atoms with Crippen molar-refractivity contribution in [2.45, 2.75) is 6.42 Å². The van der Waals surface area contributed by atoms with Gasteiger partial charge in [0, 0.05) is 5.69 Å². The van der Waals surface area contributed by atoms with E-state index in [1.807, 2.05) is 0 Å². The molecule has 0 aliphatic rings. The van der Waals surface area contributed by atoms with Crippen molar-refractivity contribution < 1.29 is 13.6 Å². The van der Waals surface area contributed by atoms with Crippen LogP contribution < -0.4 is 5.32 Å². The molecule has 0 spiro atoms. The third kappa shape index (κ3) is 3.80. The van der Waals surface area contributed by atoms with Gasteiger partial charge in [-0.2, -0.15) is 8.78 Å². The number of amides is 1. The molecule has 1 aromatic rings. The van der Waals surface area contributed by atoms with Crippen LogP contribution in [0.1, 0.15) is 6.42 Å². The van der Waals surface area contributed by atoms with Crippen LogP contribution in [0.3, 0.4) is 0 Å². The van der Waals surface area contributed by atoms with Gasteiger partial charge in [-0.3, -0.25) is 4.79 Å². The molecule has 0 aromatic heterocycles. The summed E-state index contributed by atoms with van der Waals surface area (Å²) in [5.74, 6) is -0.455. The first-order valence-electron chi connectivity index (χ1n) is 4.04. The molecule has 0 aliphatic carbocycles. The molecule has 4 heteroatoms. The fourth-order valence-electron chi connectivity index (χ4n) is 0.903. The second-order valence-electron chi connectivity index (χ2n) is 2.61. The van der Waals surface area contributed by atoms with Crippen molar-refractivity contribution >= 4 is 11.6 Å². The Bertz CT molecular complexity index is 331. The third-order valence-corrected chi connectivity index (χ3v) is 1.50. The van der Waals surface area contributed by atoms with Gasteiger partial charge >= 0.3 is 0 Å². The van der Waals surface area contributed by atoms with Gasteiger partial charge in [0.25, 0.3) is 6.08 Å². The second kappa shape index (κ2) is 5.11. The largest absolute Gasteiger partial charge is 0.326 e. The maximum Gasteiger partial charge on any atom is 0.266 e. The molecule has 0 saturated carbocycles. The number of benzene rings is 1. The molecule has 0 heterocycles. The fraction of sp³-hybridized carbons (Fsp3) is 0.100. The average Bonchev–Trinajstić information content (AvgIpc) is 2.16. The highest BCUT2D eigenvalue weighted by Crippen LogP contribution is 2.06. The van der Waals surface area contributed by atoms with Crippen LogP contribution in [0, 0.1) is 0 Å². The van der Waals surface area contributed by atoms with E-state index in [2.05, 4.69) is 5.32 Å². The zero-order valence-corrected chi connectivity index (χ0v) is 7.34. The van der Waals surface area contributed by atoms with Crippen LogP contribution in [-0.4, -0.2) is 5.91 Å². The molecule has 1 N–H and O–H groups in total. The Hall–Kier alpha value is -1.71. The average molecular weight is 197 g/mol. The summed E-state index contributed by atoms with van der Waals surface area (Å²) in [5.41, 5.74) is 0.602. The van der Waals surface area contributed by atoms with E-state index in [1.54, 1.807) is 30.3 Å². The summed E-state index contributed by atoms with van der Waals surface area (Å²) in [6.07, 6.45) is -1.57. The van der Waals surface area contributed by atoms with Crippen LogP contribution in [-0.2, 0) is 4.79 Å². The van der Waals surface area contributed by atoms with Gasteiger partial charge < -0.3 is 5.32 Å². The van der Waals surface area contributed by atoms with Crippen molar-refractivity contribution in [2.75, 3.05) is 5.32 Å². The van der Waals surface area contributed by atoms with Crippen LogP contribution in [0.25, 0.3) is 0 Å². The van der Waals surface area contributed by atoms with Crippen molar-refractivity contribution in [3.8, 4) is 0 Å². The van der Waals surface area contributed by atoms with E-state index in [0.717, 1.165) is 0 Å². The zero-order valence-electron chi connectivity index (χ0n) is 7.34. The van der Waals surface area contributed by atoms with E-state index in [9.17, 15) is 13.6 Å². The third-order valence-electron chi connectivity index (χ3n) is 1.50. The van der Waals surface area contributed by atoms with Gasteiger partial charge in [0.05, 0.1) is 6.42 Å². The highest BCUT2D eigenvalue weighted by Gasteiger charge is 2.00. The number of para-hydroxylation sites is 1. The van der Waals surface area contributed by atoms with Crippen molar-refractivity contribution in [3.63, 3.8) is 0 Å². The highest BCUT2D eigenvalue weighted by molar-refractivity contribution is 5.91. The summed E-state index contributed by atoms with van der Waals surface area (Å²) in [6.45, 7) is 0.